The van der Waals surface area contributed by atoms with E-state index in [0.717, 1.165) is 27.9 Å². The van der Waals surface area contributed by atoms with Crippen molar-refractivity contribution in [3.05, 3.63) is 42.2 Å². The number of rotatable bonds is 1. The van der Waals surface area contributed by atoms with Gasteiger partial charge in [-0.2, -0.15) is 5.11 Å². The summed E-state index contributed by atoms with van der Waals surface area (Å²) < 4.78 is 0. The molecule has 3 nitrogen and oxygen atoms in total. The second-order valence-electron chi connectivity index (χ2n) is 3.95. The molecule has 0 unspecified atom stereocenters. The van der Waals surface area contributed by atoms with Crippen LogP contribution in [-0.2, 0) is 0 Å². The van der Waals surface area contributed by atoms with Crippen molar-refractivity contribution in [3.8, 4) is 11.1 Å². The molecule has 3 heteroatoms. The van der Waals surface area contributed by atoms with Gasteiger partial charge in [-0.3, -0.25) is 0 Å². The van der Waals surface area contributed by atoms with Crippen molar-refractivity contribution in [1.82, 2.24) is 4.98 Å². The predicted octanol–water partition coefficient (Wildman–Crippen LogP) is 4.24. The molecule has 1 aromatic rings. The summed E-state index contributed by atoms with van der Waals surface area (Å²) in [5.74, 6) is 0. The van der Waals surface area contributed by atoms with Crippen LogP contribution in [0.5, 0.6) is 0 Å². The number of nitrogens with one attached hydrogen (secondary N) is 2. The number of H-pyrrole nitrogens is 1. The first-order chi connectivity index (χ1) is 7.81. The zero-order valence-corrected chi connectivity index (χ0v) is 8.91. The van der Waals surface area contributed by atoms with E-state index in [9.17, 15) is 0 Å². The van der Waals surface area contributed by atoms with Crippen LogP contribution in [-0.4, -0.2) is 4.98 Å². The molecule has 3 rings (SSSR count). The van der Waals surface area contributed by atoms with E-state index in [0.29, 0.717) is 0 Å². The van der Waals surface area contributed by atoms with E-state index in [4.69, 9.17) is 5.53 Å². The van der Waals surface area contributed by atoms with Crippen molar-refractivity contribution >= 4 is 16.5 Å². The normalized spacial score (nSPS) is 11.1. The van der Waals surface area contributed by atoms with Crippen molar-refractivity contribution in [3.63, 3.8) is 0 Å². The van der Waals surface area contributed by atoms with Crippen LogP contribution in [0.1, 0.15) is 5.69 Å². The van der Waals surface area contributed by atoms with E-state index < -0.39 is 0 Å². The molecule has 1 aromatic carbocycles. The smallest absolute Gasteiger partial charge is 0.102 e. The molecule has 0 amide bonds. The van der Waals surface area contributed by atoms with Crippen molar-refractivity contribution in [2.24, 2.45) is 5.11 Å². The molecule has 0 spiro atoms. The first-order valence-corrected chi connectivity index (χ1v) is 5.18. The monoisotopic (exact) mass is 209 g/mol. The maximum Gasteiger partial charge on any atom is 0.102 e. The summed E-state index contributed by atoms with van der Waals surface area (Å²) in [5, 5.41) is 5.86. The first kappa shape index (κ1) is 9.09. The van der Waals surface area contributed by atoms with Crippen LogP contribution in [0.2, 0.25) is 0 Å². The molecule has 0 fully saturated rings. The number of nitrogens with zero attached hydrogens (tertiary/aromatic N) is 1. The zero-order valence-electron chi connectivity index (χ0n) is 8.91. The van der Waals surface area contributed by atoms with Gasteiger partial charge in [-0.05, 0) is 23.9 Å². The second-order valence-corrected chi connectivity index (χ2v) is 3.95. The minimum atomic E-state index is 0.752. The highest BCUT2D eigenvalue weighted by Crippen LogP contribution is 2.44. The van der Waals surface area contributed by atoms with Gasteiger partial charge in [0.1, 0.15) is 5.69 Å². The van der Waals surface area contributed by atoms with Crippen molar-refractivity contribution in [2.75, 3.05) is 0 Å². The van der Waals surface area contributed by atoms with Crippen LogP contribution >= 0.6 is 0 Å². The Bertz CT molecular complexity index is 652. The number of aromatic amines is 1. The Labute approximate surface area is 93.0 Å². The Morgan fingerprint density at radius 2 is 1.88 bits per heavy atom. The minimum Gasteiger partial charge on any atom is -0.365 e. The van der Waals surface area contributed by atoms with Gasteiger partial charge in [0.05, 0.1) is 0 Å². The molecule has 0 atom stereocenters. The van der Waals surface area contributed by atoms with Gasteiger partial charge in [-0.25, -0.2) is 5.53 Å². The lowest BCUT2D eigenvalue weighted by atomic mass is 10.1. The Morgan fingerprint density at radius 1 is 1.12 bits per heavy atom. The average molecular weight is 209 g/mol. The van der Waals surface area contributed by atoms with Crippen LogP contribution in [0.4, 0.5) is 5.69 Å². The molecule has 2 aliphatic rings. The largest absolute Gasteiger partial charge is 0.365 e. The highest BCUT2D eigenvalue weighted by atomic mass is 15.0. The lowest BCUT2D eigenvalue weighted by Crippen LogP contribution is -1.82. The Balaban J connectivity index is 2.57. The van der Waals surface area contributed by atoms with Gasteiger partial charge >= 0.3 is 0 Å². The van der Waals surface area contributed by atoms with Gasteiger partial charge in [0.15, 0.2) is 0 Å². The molecule has 1 aliphatic heterocycles. The third-order valence-corrected chi connectivity index (χ3v) is 2.93. The van der Waals surface area contributed by atoms with Crippen LogP contribution < -0.4 is 0 Å². The molecule has 0 saturated carbocycles. The molecule has 0 bridgehead atoms. The maximum atomic E-state index is 7.29. The number of aryl methyl sites for hydroxylation is 1. The predicted molar refractivity (Wildman–Crippen MR) is 64.5 cm³/mol. The van der Waals surface area contributed by atoms with E-state index in [-0.39, 0.29) is 0 Å². The lowest BCUT2D eigenvalue weighted by Gasteiger charge is -2.01. The fourth-order valence-corrected chi connectivity index (χ4v) is 2.21. The summed E-state index contributed by atoms with van der Waals surface area (Å²) in [6.45, 7) is 2.03. The van der Waals surface area contributed by atoms with Crippen molar-refractivity contribution in [2.45, 2.75) is 6.92 Å². The number of hydrogen-bond donors (Lipinski definition) is 2. The summed E-state index contributed by atoms with van der Waals surface area (Å²) >= 11 is 0. The zero-order chi connectivity index (χ0) is 11.1. The number of hydrogen-bond acceptors (Lipinski definition) is 2. The van der Waals surface area contributed by atoms with E-state index in [1.807, 2.05) is 31.3 Å². The van der Waals surface area contributed by atoms with Crippen LogP contribution in [0, 0.1) is 12.5 Å². The number of fused-ring (bicyclic) bond motifs is 3. The van der Waals surface area contributed by atoms with Crippen LogP contribution in [0.15, 0.2) is 41.6 Å². The van der Waals surface area contributed by atoms with E-state index in [2.05, 4.69) is 22.2 Å². The van der Waals surface area contributed by atoms with E-state index in [1.54, 1.807) is 0 Å². The summed E-state index contributed by atoms with van der Waals surface area (Å²) in [6.07, 6.45) is 1.93. The number of benzene rings is 1. The van der Waals surface area contributed by atoms with Crippen LogP contribution in [0.3, 0.4) is 0 Å². The molecule has 1 aliphatic carbocycles. The quantitative estimate of drug-likeness (QED) is 0.563. The number of aromatic nitrogens is 1. The van der Waals surface area contributed by atoms with Crippen molar-refractivity contribution < 1.29 is 0 Å². The van der Waals surface area contributed by atoms with Gasteiger partial charge < -0.3 is 4.98 Å². The first-order valence-electron chi connectivity index (χ1n) is 5.18. The molecule has 2 N–H and O–H groups in total. The topological polar surface area (TPSA) is 52.0 Å². The van der Waals surface area contributed by atoms with E-state index in [1.165, 1.54) is 5.39 Å². The maximum absolute atomic E-state index is 7.29. The molecule has 78 valence electrons. The van der Waals surface area contributed by atoms with Gasteiger partial charge in [0.25, 0.3) is 0 Å². The third-order valence-electron chi connectivity index (χ3n) is 2.93. The summed E-state index contributed by atoms with van der Waals surface area (Å²) in [4.78, 5) is 3.17. The SMILES string of the molecule is Cc1cc2c3ccccc3c(N=N)c-2c[nH]1. The second kappa shape index (κ2) is 3.17. The summed E-state index contributed by atoms with van der Waals surface area (Å²) in [7, 11) is 0. The Morgan fingerprint density at radius 3 is 2.62 bits per heavy atom. The van der Waals surface area contributed by atoms with Gasteiger partial charge in [-0.15, -0.1) is 0 Å². The molecule has 0 radical (unpaired) electrons. The molecule has 0 saturated heterocycles. The van der Waals surface area contributed by atoms with Crippen LogP contribution in [0.25, 0.3) is 21.9 Å². The fourth-order valence-electron chi connectivity index (χ4n) is 2.21. The molecule has 16 heavy (non-hydrogen) atoms. The highest BCUT2D eigenvalue weighted by molar-refractivity contribution is 6.12. The Kier molecular flexibility index (Phi) is 1.80. The average Bonchev–Trinajstić information content (AvgIpc) is 2.62. The van der Waals surface area contributed by atoms with Gasteiger partial charge in [0, 0.05) is 22.8 Å². The molecule has 0 aromatic heterocycles. The lowest BCUT2D eigenvalue weighted by molar-refractivity contribution is 1.15. The minimum absolute atomic E-state index is 0.752. The number of pyridine rings is 1. The van der Waals surface area contributed by atoms with E-state index >= 15 is 0 Å². The molecular formula is C13H11N3. The summed E-state index contributed by atoms with van der Waals surface area (Å²) in [6, 6.07) is 10.2. The van der Waals surface area contributed by atoms with Crippen molar-refractivity contribution in [1.29, 1.82) is 5.53 Å². The third kappa shape index (κ3) is 1.08. The Hall–Kier alpha value is -2.16. The fraction of sp³-hybridized carbons (Fsp3) is 0.0769. The molecular weight excluding hydrogens is 198 g/mol. The van der Waals surface area contributed by atoms with Gasteiger partial charge in [0.2, 0.25) is 0 Å². The summed E-state index contributed by atoms with van der Waals surface area (Å²) in [5.41, 5.74) is 11.3. The highest BCUT2D eigenvalue weighted by Gasteiger charge is 2.16. The van der Waals surface area contributed by atoms with Gasteiger partial charge in [-0.1, -0.05) is 24.3 Å². The standard InChI is InChI=1S/C13H11N3/c1-8-6-11-9-4-2-3-5-10(9)13(16-14)12(11)7-15-8/h2-7,14-15H,1H3. The molecule has 1 heterocycles.